The normalized spacial score (nSPS) is 28.8. The van der Waals surface area contributed by atoms with Crippen LogP contribution in [0.4, 0.5) is 0 Å². The largest absolute Gasteiger partial charge is 0.372 e. The standard InChI is InChI=1S/C17H18N2O3/c20-16-14-4-12-7-22-8-13(12)5-15(14)18-17(21)19(16)6-11-3-9-1-10(11)2-9/h4-5,9-11H,1-3,6-8H2,(H,18,21). The molecular formula is C17H18N2O3. The molecule has 3 saturated carbocycles. The van der Waals surface area contributed by atoms with Crippen molar-refractivity contribution >= 4 is 10.9 Å². The van der Waals surface area contributed by atoms with Gasteiger partial charge in [-0.25, -0.2) is 4.79 Å². The maximum Gasteiger partial charge on any atom is 0.328 e. The lowest BCUT2D eigenvalue weighted by atomic mass is 9.82. The number of rotatable bonds is 2. The number of fused-ring (bicyclic) bond motifs is 3. The van der Waals surface area contributed by atoms with E-state index < -0.39 is 0 Å². The van der Waals surface area contributed by atoms with E-state index >= 15 is 0 Å². The molecule has 0 radical (unpaired) electrons. The summed E-state index contributed by atoms with van der Waals surface area (Å²) in [5.74, 6) is 2.06. The van der Waals surface area contributed by atoms with Gasteiger partial charge < -0.3 is 9.72 Å². The van der Waals surface area contributed by atoms with E-state index in [0.29, 0.717) is 36.6 Å². The fourth-order valence-corrected chi connectivity index (χ4v) is 4.54. The molecule has 0 spiro atoms. The highest BCUT2D eigenvalue weighted by Crippen LogP contribution is 2.52. The maximum absolute atomic E-state index is 12.8. The molecule has 1 N–H and O–H groups in total. The first-order valence-corrected chi connectivity index (χ1v) is 8.05. The monoisotopic (exact) mass is 298 g/mol. The first-order chi connectivity index (χ1) is 10.7. The molecular weight excluding hydrogens is 280 g/mol. The van der Waals surface area contributed by atoms with Crippen molar-refractivity contribution in [1.82, 2.24) is 9.55 Å². The van der Waals surface area contributed by atoms with Gasteiger partial charge in [0.05, 0.1) is 24.1 Å². The van der Waals surface area contributed by atoms with Crippen LogP contribution in [0.25, 0.3) is 10.9 Å². The molecule has 1 aromatic heterocycles. The van der Waals surface area contributed by atoms with Crippen molar-refractivity contribution in [3.8, 4) is 0 Å². The van der Waals surface area contributed by atoms with Gasteiger partial charge in [-0.1, -0.05) is 0 Å². The minimum absolute atomic E-state index is 0.155. The van der Waals surface area contributed by atoms with Crippen LogP contribution in [0.15, 0.2) is 21.7 Å². The number of H-pyrrole nitrogens is 1. The van der Waals surface area contributed by atoms with E-state index in [4.69, 9.17) is 4.74 Å². The Hall–Kier alpha value is -1.88. The third kappa shape index (κ3) is 1.69. The van der Waals surface area contributed by atoms with Gasteiger partial charge in [-0.3, -0.25) is 9.36 Å². The lowest BCUT2D eigenvalue weighted by molar-refractivity contribution is 0.134. The average molecular weight is 298 g/mol. The summed E-state index contributed by atoms with van der Waals surface area (Å²) in [7, 11) is 0. The summed E-state index contributed by atoms with van der Waals surface area (Å²) in [6.45, 7) is 1.68. The number of aromatic nitrogens is 2. The minimum Gasteiger partial charge on any atom is -0.372 e. The van der Waals surface area contributed by atoms with Crippen LogP contribution in [0.1, 0.15) is 30.4 Å². The van der Waals surface area contributed by atoms with Gasteiger partial charge in [-0.05, 0) is 60.3 Å². The molecule has 1 unspecified atom stereocenters. The van der Waals surface area contributed by atoms with E-state index in [1.54, 1.807) is 0 Å². The summed E-state index contributed by atoms with van der Waals surface area (Å²) in [4.78, 5) is 28.0. The molecule has 5 nitrogen and oxygen atoms in total. The van der Waals surface area contributed by atoms with Crippen LogP contribution < -0.4 is 11.2 Å². The molecule has 0 saturated heterocycles. The fourth-order valence-electron chi connectivity index (χ4n) is 4.54. The average Bonchev–Trinajstić information content (AvgIpc) is 3.15. The summed E-state index contributed by atoms with van der Waals surface area (Å²) < 4.78 is 6.83. The number of nitrogens with zero attached hydrogens (tertiary/aromatic N) is 1. The zero-order chi connectivity index (χ0) is 14.8. The molecule has 2 bridgehead atoms. The Kier molecular flexibility index (Phi) is 2.48. The number of hydrogen-bond acceptors (Lipinski definition) is 3. The fraction of sp³-hybridized carbons (Fsp3) is 0.529. The third-order valence-electron chi connectivity index (χ3n) is 5.81. The third-order valence-corrected chi connectivity index (χ3v) is 5.81. The molecule has 2 heterocycles. The second kappa shape index (κ2) is 4.32. The van der Waals surface area contributed by atoms with Gasteiger partial charge in [0.25, 0.3) is 5.56 Å². The number of aromatic amines is 1. The summed E-state index contributed by atoms with van der Waals surface area (Å²) in [6.07, 6.45) is 3.75. The lowest BCUT2D eigenvalue weighted by Crippen LogP contribution is -2.37. The highest BCUT2D eigenvalue weighted by molar-refractivity contribution is 5.79. The number of benzene rings is 1. The molecule has 2 aromatic rings. The van der Waals surface area contributed by atoms with Crippen LogP contribution in [0.3, 0.4) is 0 Å². The Balaban J connectivity index is 1.63. The topological polar surface area (TPSA) is 64.1 Å². The first-order valence-electron chi connectivity index (χ1n) is 8.05. The van der Waals surface area contributed by atoms with Crippen molar-refractivity contribution in [3.05, 3.63) is 44.1 Å². The van der Waals surface area contributed by atoms with Crippen molar-refractivity contribution in [2.75, 3.05) is 0 Å². The Labute approximate surface area is 126 Å². The molecule has 3 fully saturated rings. The smallest absolute Gasteiger partial charge is 0.328 e. The van der Waals surface area contributed by atoms with Gasteiger partial charge in [-0.15, -0.1) is 0 Å². The predicted octanol–water partition coefficient (Wildman–Crippen LogP) is 1.77. The molecule has 22 heavy (non-hydrogen) atoms. The van der Waals surface area contributed by atoms with Gasteiger partial charge in [0, 0.05) is 6.54 Å². The van der Waals surface area contributed by atoms with E-state index in [1.807, 2.05) is 12.1 Å². The highest BCUT2D eigenvalue weighted by Gasteiger charge is 2.44. The van der Waals surface area contributed by atoms with E-state index in [2.05, 4.69) is 4.98 Å². The molecule has 4 aliphatic rings. The molecule has 5 heteroatoms. The molecule has 1 aromatic carbocycles. The zero-order valence-corrected chi connectivity index (χ0v) is 12.3. The van der Waals surface area contributed by atoms with E-state index in [0.717, 1.165) is 23.0 Å². The van der Waals surface area contributed by atoms with Crippen molar-refractivity contribution in [3.63, 3.8) is 0 Å². The van der Waals surface area contributed by atoms with E-state index in [1.165, 1.54) is 23.8 Å². The second-order valence-corrected chi connectivity index (χ2v) is 7.10. The predicted molar refractivity (Wildman–Crippen MR) is 81.6 cm³/mol. The number of nitrogens with one attached hydrogen (secondary N) is 1. The zero-order valence-electron chi connectivity index (χ0n) is 12.3. The first kappa shape index (κ1) is 12.6. The molecule has 3 aliphatic carbocycles. The van der Waals surface area contributed by atoms with Crippen molar-refractivity contribution < 1.29 is 4.74 Å². The second-order valence-electron chi connectivity index (χ2n) is 7.10. The Morgan fingerprint density at radius 1 is 1.14 bits per heavy atom. The Morgan fingerprint density at radius 2 is 1.91 bits per heavy atom. The summed E-state index contributed by atoms with van der Waals surface area (Å²) in [6, 6.07) is 3.78. The van der Waals surface area contributed by atoms with Gasteiger partial charge >= 0.3 is 5.69 Å². The molecule has 1 atom stereocenters. The van der Waals surface area contributed by atoms with E-state index in [-0.39, 0.29) is 11.2 Å². The van der Waals surface area contributed by atoms with E-state index in [9.17, 15) is 9.59 Å². The molecule has 6 rings (SSSR count). The highest BCUT2D eigenvalue weighted by atomic mass is 16.5. The van der Waals surface area contributed by atoms with Gasteiger partial charge in [0.1, 0.15) is 0 Å². The van der Waals surface area contributed by atoms with Crippen LogP contribution >= 0.6 is 0 Å². The Bertz CT molecular complexity index is 889. The summed E-state index contributed by atoms with van der Waals surface area (Å²) in [5.41, 5.74) is 2.33. The summed E-state index contributed by atoms with van der Waals surface area (Å²) in [5, 5.41) is 0.606. The maximum atomic E-state index is 12.8. The number of hydrogen-bond donors (Lipinski definition) is 1. The van der Waals surface area contributed by atoms with Crippen molar-refractivity contribution in [2.24, 2.45) is 17.8 Å². The quantitative estimate of drug-likeness (QED) is 0.919. The van der Waals surface area contributed by atoms with Gasteiger partial charge in [0.15, 0.2) is 0 Å². The lowest BCUT2D eigenvalue weighted by Gasteiger charge is -2.24. The van der Waals surface area contributed by atoms with Crippen LogP contribution in [0.2, 0.25) is 0 Å². The molecule has 114 valence electrons. The van der Waals surface area contributed by atoms with Crippen LogP contribution in [0.5, 0.6) is 0 Å². The molecule has 0 amide bonds. The van der Waals surface area contributed by atoms with Crippen LogP contribution in [0, 0.1) is 17.8 Å². The van der Waals surface area contributed by atoms with Crippen molar-refractivity contribution in [2.45, 2.75) is 39.0 Å². The number of ether oxygens (including phenoxy) is 1. The summed E-state index contributed by atoms with van der Waals surface area (Å²) >= 11 is 0. The van der Waals surface area contributed by atoms with Crippen LogP contribution in [-0.4, -0.2) is 9.55 Å². The molecule has 1 aliphatic heterocycles. The Morgan fingerprint density at radius 3 is 2.64 bits per heavy atom. The van der Waals surface area contributed by atoms with Crippen molar-refractivity contribution in [1.29, 1.82) is 0 Å². The van der Waals surface area contributed by atoms with Gasteiger partial charge in [-0.2, -0.15) is 0 Å². The SMILES string of the molecule is O=c1[nH]c2cc3c(cc2c(=O)n1CC1CC2CC1C2)COC3. The minimum atomic E-state index is -0.277. The van der Waals surface area contributed by atoms with Gasteiger partial charge in [0.2, 0.25) is 0 Å². The van der Waals surface area contributed by atoms with Crippen LogP contribution in [-0.2, 0) is 24.5 Å².